The van der Waals surface area contributed by atoms with Crippen LogP contribution in [-0.4, -0.2) is 17.6 Å². The summed E-state index contributed by atoms with van der Waals surface area (Å²) < 4.78 is 5.16. The Kier molecular flexibility index (Phi) is 4.38. The molecule has 0 spiro atoms. The van der Waals surface area contributed by atoms with Crippen LogP contribution in [0.25, 0.3) is 10.9 Å². The zero-order valence-corrected chi connectivity index (χ0v) is 12.6. The van der Waals surface area contributed by atoms with Crippen LogP contribution < -0.4 is 0 Å². The highest BCUT2D eigenvalue weighted by molar-refractivity contribution is 6.04. The van der Waals surface area contributed by atoms with Crippen molar-refractivity contribution in [1.29, 1.82) is 0 Å². The molecule has 3 heteroatoms. The number of aryl methyl sites for hydroxylation is 1. The quantitative estimate of drug-likeness (QED) is 0.786. The fraction of sp³-hybridized carbons (Fsp3) is 0.412. The minimum atomic E-state index is -0.291. The van der Waals surface area contributed by atoms with Crippen molar-refractivity contribution in [2.24, 2.45) is 0 Å². The van der Waals surface area contributed by atoms with Gasteiger partial charge in [0.1, 0.15) is 0 Å². The van der Waals surface area contributed by atoms with Crippen molar-refractivity contribution >= 4 is 16.9 Å². The molecule has 0 saturated carbocycles. The molecule has 0 saturated heterocycles. The maximum absolute atomic E-state index is 12.1. The number of aromatic nitrogens is 1. The second-order valence-electron chi connectivity index (χ2n) is 5.17. The molecule has 0 aliphatic rings. The number of fused-ring (bicyclic) bond motifs is 1. The van der Waals surface area contributed by atoms with Gasteiger partial charge in [-0.05, 0) is 48.6 Å². The molecule has 0 unspecified atom stereocenters. The number of carbonyl (C=O) groups is 1. The average molecular weight is 271 g/mol. The van der Waals surface area contributed by atoms with Crippen LogP contribution in [0.2, 0.25) is 0 Å². The summed E-state index contributed by atoms with van der Waals surface area (Å²) in [6, 6.07) is 6.07. The molecule has 0 amide bonds. The lowest BCUT2D eigenvalue weighted by molar-refractivity contribution is 0.0528. The lowest BCUT2D eigenvalue weighted by Gasteiger charge is -2.13. The van der Waals surface area contributed by atoms with Gasteiger partial charge < -0.3 is 4.74 Å². The van der Waals surface area contributed by atoms with Crippen LogP contribution in [-0.2, 0) is 11.2 Å². The summed E-state index contributed by atoms with van der Waals surface area (Å²) in [5, 5.41) is 1.06. The lowest BCUT2D eigenvalue weighted by Crippen LogP contribution is -2.07. The number of carbonyl (C=O) groups excluding carboxylic acids is 1. The Bertz CT molecular complexity index is 632. The number of ether oxygens (including phenoxy) is 1. The molecule has 106 valence electrons. The van der Waals surface area contributed by atoms with Crippen molar-refractivity contribution in [1.82, 2.24) is 4.98 Å². The van der Waals surface area contributed by atoms with Crippen LogP contribution in [0.4, 0.5) is 0 Å². The highest BCUT2D eigenvalue weighted by Crippen LogP contribution is 2.28. The van der Waals surface area contributed by atoms with Crippen molar-refractivity contribution in [3.8, 4) is 0 Å². The molecule has 1 aromatic heterocycles. The first-order chi connectivity index (χ1) is 9.58. The van der Waals surface area contributed by atoms with Crippen molar-refractivity contribution in [2.75, 3.05) is 6.61 Å². The fourth-order valence-corrected chi connectivity index (χ4v) is 2.41. The molecule has 0 fully saturated rings. The molecule has 3 nitrogen and oxygen atoms in total. The lowest BCUT2D eigenvalue weighted by atomic mass is 9.95. The molecule has 20 heavy (non-hydrogen) atoms. The maximum atomic E-state index is 12.1. The van der Waals surface area contributed by atoms with E-state index in [1.165, 1.54) is 5.56 Å². The second-order valence-corrected chi connectivity index (χ2v) is 5.17. The number of hydrogen-bond donors (Lipinski definition) is 0. The topological polar surface area (TPSA) is 39.2 Å². The Morgan fingerprint density at radius 3 is 2.65 bits per heavy atom. The summed E-state index contributed by atoms with van der Waals surface area (Å²) in [6.45, 7) is 8.58. The summed E-state index contributed by atoms with van der Waals surface area (Å²) in [7, 11) is 0. The van der Waals surface area contributed by atoms with E-state index in [0.29, 0.717) is 18.1 Å². The average Bonchev–Trinajstić information content (AvgIpc) is 2.45. The molecular formula is C17H21NO2. The Balaban J connectivity index is 2.74. The van der Waals surface area contributed by atoms with Crippen LogP contribution in [0.1, 0.15) is 55.1 Å². The first-order valence-corrected chi connectivity index (χ1v) is 7.17. The molecule has 0 bridgehead atoms. The van der Waals surface area contributed by atoms with E-state index in [1.54, 1.807) is 6.20 Å². The normalized spacial score (nSPS) is 11.1. The molecule has 0 radical (unpaired) electrons. The Labute approximate surface area is 120 Å². The van der Waals surface area contributed by atoms with Gasteiger partial charge in [0.25, 0.3) is 0 Å². The van der Waals surface area contributed by atoms with Gasteiger partial charge in [0.05, 0.1) is 17.7 Å². The minimum absolute atomic E-state index is 0.291. The van der Waals surface area contributed by atoms with Crippen molar-refractivity contribution in [3.05, 3.63) is 41.1 Å². The highest BCUT2D eigenvalue weighted by atomic mass is 16.5. The number of nitrogens with zero attached hydrogens (tertiary/aromatic N) is 1. The zero-order chi connectivity index (χ0) is 14.7. The Hall–Kier alpha value is -1.90. The molecule has 0 N–H and O–H groups in total. The van der Waals surface area contributed by atoms with E-state index in [1.807, 2.05) is 19.1 Å². The third-order valence-electron chi connectivity index (χ3n) is 3.46. The summed E-state index contributed by atoms with van der Waals surface area (Å²) in [5.41, 5.74) is 3.67. The first kappa shape index (κ1) is 14.5. The van der Waals surface area contributed by atoms with Gasteiger partial charge in [-0.1, -0.05) is 20.8 Å². The van der Waals surface area contributed by atoms with E-state index in [4.69, 9.17) is 4.74 Å². The molecule has 1 heterocycles. The van der Waals surface area contributed by atoms with E-state index in [9.17, 15) is 4.79 Å². The monoisotopic (exact) mass is 271 g/mol. The largest absolute Gasteiger partial charge is 0.462 e. The zero-order valence-electron chi connectivity index (χ0n) is 12.6. The molecular weight excluding hydrogens is 250 g/mol. The molecule has 1 aromatic carbocycles. The van der Waals surface area contributed by atoms with E-state index < -0.39 is 0 Å². The van der Waals surface area contributed by atoms with Gasteiger partial charge in [-0.3, -0.25) is 4.98 Å². The van der Waals surface area contributed by atoms with Gasteiger partial charge >= 0.3 is 5.97 Å². The van der Waals surface area contributed by atoms with Crippen LogP contribution in [0.15, 0.2) is 24.4 Å². The number of benzene rings is 1. The molecule has 2 aromatic rings. The van der Waals surface area contributed by atoms with Gasteiger partial charge in [0, 0.05) is 11.6 Å². The number of rotatable bonds is 4. The molecule has 0 aliphatic heterocycles. The van der Waals surface area contributed by atoms with Gasteiger partial charge in [-0.2, -0.15) is 0 Å². The summed E-state index contributed by atoms with van der Waals surface area (Å²) >= 11 is 0. The van der Waals surface area contributed by atoms with Gasteiger partial charge in [-0.15, -0.1) is 0 Å². The number of hydrogen-bond acceptors (Lipinski definition) is 3. The maximum Gasteiger partial charge on any atom is 0.340 e. The fourth-order valence-electron chi connectivity index (χ4n) is 2.41. The smallest absolute Gasteiger partial charge is 0.340 e. The second kappa shape index (κ2) is 6.04. The number of esters is 1. The SMILES string of the molecule is CCOC(=O)c1cc(CC)cc2c(C(C)C)ccnc12. The summed E-state index contributed by atoms with van der Waals surface area (Å²) in [4.78, 5) is 16.5. The molecule has 0 atom stereocenters. The van der Waals surface area contributed by atoms with Crippen molar-refractivity contribution in [2.45, 2.75) is 40.0 Å². The van der Waals surface area contributed by atoms with E-state index in [0.717, 1.165) is 22.9 Å². The van der Waals surface area contributed by atoms with Gasteiger partial charge in [0.2, 0.25) is 0 Å². The first-order valence-electron chi connectivity index (χ1n) is 7.17. The van der Waals surface area contributed by atoms with Crippen LogP contribution >= 0.6 is 0 Å². The summed E-state index contributed by atoms with van der Waals surface area (Å²) in [5.74, 6) is 0.101. The van der Waals surface area contributed by atoms with Crippen LogP contribution in [0.3, 0.4) is 0 Å². The minimum Gasteiger partial charge on any atom is -0.462 e. The van der Waals surface area contributed by atoms with Crippen molar-refractivity contribution in [3.63, 3.8) is 0 Å². The van der Waals surface area contributed by atoms with Crippen molar-refractivity contribution < 1.29 is 9.53 Å². The Morgan fingerprint density at radius 1 is 1.30 bits per heavy atom. The van der Waals surface area contributed by atoms with Gasteiger partial charge in [-0.25, -0.2) is 4.79 Å². The van der Waals surface area contributed by atoms with Gasteiger partial charge in [0.15, 0.2) is 0 Å². The Morgan fingerprint density at radius 2 is 2.05 bits per heavy atom. The highest BCUT2D eigenvalue weighted by Gasteiger charge is 2.16. The van der Waals surface area contributed by atoms with E-state index in [-0.39, 0.29) is 5.97 Å². The summed E-state index contributed by atoms with van der Waals surface area (Å²) in [6.07, 6.45) is 2.65. The standard InChI is InChI=1S/C17H21NO2/c1-5-12-9-14-13(11(3)4)7-8-18-16(14)15(10-12)17(19)20-6-2/h7-11H,5-6H2,1-4H3. The van der Waals surface area contributed by atoms with Crippen LogP contribution in [0, 0.1) is 0 Å². The third kappa shape index (κ3) is 2.67. The predicted octanol–water partition coefficient (Wildman–Crippen LogP) is 4.10. The number of pyridine rings is 1. The van der Waals surface area contributed by atoms with Crippen LogP contribution in [0.5, 0.6) is 0 Å². The molecule has 2 rings (SSSR count). The van der Waals surface area contributed by atoms with E-state index in [2.05, 4.69) is 31.8 Å². The predicted molar refractivity (Wildman–Crippen MR) is 81.2 cm³/mol. The van der Waals surface area contributed by atoms with E-state index >= 15 is 0 Å². The molecule has 0 aliphatic carbocycles. The third-order valence-corrected chi connectivity index (χ3v) is 3.46.